The first-order valence-corrected chi connectivity index (χ1v) is 12.6. The molecule has 1 saturated carbocycles. The maximum absolute atomic E-state index is 11.0. The number of rotatable bonds is 7. The lowest BCUT2D eigenvalue weighted by Gasteiger charge is -2.29. The van der Waals surface area contributed by atoms with Gasteiger partial charge in [-0.25, -0.2) is 4.57 Å². The molecule has 4 N–H and O–H groups in total. The van der Waals surface area contributed by atoms with Gasteiger partial charge in [0.2, 0.25) is 0 Å². The fourth-order valence-electron chi connectivity index (χ4n) is 5.15. The van der Waals surface area contributed by atoms with Crippen molar-refractivity contribution in [3.63, 3.8) is 0 Å². The molecule has 3 aliphatic rings. The Kier molecular flexibility index (Phi) is 7.00. The van der Waals surface area contributed by atoms with Gasteiger partial charge in [-0.1, -0.05) is 18.2 Å². The lowest BCUT2D eigenvalue weighted by Crippen LogP contribution is -2.41. The largest absolute Gasteiger partial charge is 0.469 e. The van der Waals surface area contributed by atoms with Gasteiger partial charge in [0.1, 0.15) is 0 Å². The summed E-state index contributed by atoms with van der Waals surface area (Å²) in [6.45, 7) is 2.37. The Morgan fingerprint density at radius 1 is 1.17 bits per heavy atom. The summed E-state index contributed by atoms with van der Waals surface area (Å²) in [5.41, 5.74) is 9.82. The number of hydrogen-bond acceptors (Lipinski definition) is 5. The topological polar surface area (TPSA) is 111 Å². The summed E-state index contributed by atoms with van der Waals surface area (Å²) in [7, 11) is -4.49. The molecule has 3 atom stereocenters. The summed E-state index contributed by atoms with van der Waals surface area (Å²) in [6, 6.07) is 6.79. The molecule has 4 rings (SSSR count). The van der Waals surface area contributed by atoms with Crippen molar-refractivity contribution in [1.29, 1.82) is 0 Å². The van der Waals surface area contributed by atoms with Gasteiger partial charge in [-0.15, -0.1) is 0 Å². The lowest BCUT2D eigenvalue weighted by molar-refractivity contribution is -0.0439. The number of ether oxygens (including phenoxy) is 2. The normalized spacial score (nSPS) is 30.4. The van der Waals surface area contributed by atoms with E-state index in [0.29, 0.717) is 30.8 Å². The quantitative estimate of drug-likeness (QED) is 0.560. The van der Waals surface area contributed by atoms with Crippen LogP contribution in [0.5, 0.6) is 0 Å². The standard InChI is InChI=1S/C22H34NO6P/c23-22(15-29-30(24,25)26)8-5-20(13-22)19-4-3-17-11-16(1-2-18(17)12-19)14-28-21-6-9-27-10-7-21/h3-4,12,16,20-21H,1-2,5-11,13-15,23H2,(H2,24,25,26)/t16-,20+,22-/m1/s1. The Bertz CT molecular complexity index is 777. The SMILES string of the molecule is N[C@]1(COP(=O)(O)O)CC[C@H](c2ccc3c(c2)CC[C@@H](COC2CCOCC2)C3)C1. The van der Waals surface area contributed by atoms with E-state index >= 15 is 0 Å². The van der Waals surface area contributed by atoms with Crippen molar-refractivity contribution in [2.45, 2.75) is 68.9 Å². The smallest absolute Gasteiger partial charge is 0.381 e. The first-order valence-electron chi connectivity index (χ1n) is 11.1. The maximum atomic E-state index is 11.0. The van der Waals surface area contributed by atoms with E-state index in [2.05, 4.69) is 18.2 Å². The summed E-state index contributed by atoms with van der Waals surface area (Å²) in [5.74, 6) is 0.898. The number of benzene rings is 1. The van der Waals surface area contributed by atoms with Crippen LogP contribution in [0.1, 0.15) is 61.1 Å². The zero-order valence-electron chi connectivity index (χ0n) is 17.5. The van der Waals surface area contributed by atoms with Gasteiger partial charge in [0.15, 0.2) is 0 Å². The molecule has 2 aliphatic carbocycles. The Balaban J connectivity index is 1.31. The second-order valence-electron chi connectivity index (χ2n) is 9.35. The van der Waals surface area contributed by atoms with Crippen LogP contribution in [0.25, 0.3) is 0 Å². The number of phosphoric ester groups is 1. The predicted octanol–water partition coefficient (Wildman–Crippen LogP) is 3.06. The van der Waals surface area contributed by atoms with Gasteiger partial charge in [0, 0.05) is 18.8 Å². The number of phosphoric acid groups is 1. The second-order valence-corrected chi connectivity index (χ2v) is 10.6. The summed E-state index contributed by atoms with van der Waals surface area (Å²) < 4.78 is 27.3. The lowest BCUT2D eigenvalue weighted by atomic mass is 9.82. The molecule has 30 heavy (non-hydrogen) atoms. The Hall–Kier alpha value is -0.790. The summed E-state index contributed by atoms with van der Waals surface area (Å²) >= 11 is 0. The van der Waals surface area contributed by atoms with Crippen LogP contribution < -0.4 is 5.73 Å². The molecule has 1 aromatic carbocycles. The molecule has 168 valence electrons. The molecule has 1 aliphatic heterocycles. The number of nitrogens with two attached hydrogens (primary N) is 1. The monoisotopic (exact) mass is 439 g/mol. The van der Waals surface area contributed by atoms with Crippen molar-refractivity contribution in [3.8, 4) is 0 Å². The highest BCUT2D eigenvalue weighted by molar-refractivity contribution is 7.46. The van der Waals surface area contributed by atoms with Gasteiger partial charge < -0.3 is 25.0 Å². The second kappa shape index (κ2) is 9.37. The van der Waals surface area contributed by atoms with Gasteiger partial charge in [0.25, 0.3) is 0 Å². The van der Waals surface area contributed by atoms with Crippen LogP contribution in [0.4, 0.5) is 0 Å². The van der Waals surface area contributed by atoms with Crippen LogP contribution in [-0.4, -0.2) is 47.9 Å². The highest BCUT2D eigenvalue weighted by Crippen LogP contribution is 2.44. The molecule has 1 heterocycles. The first-order chi connectivity index (χ1) is 14.3. The fraction of sp³-hybridized carbons (Fsp3) is 0.727. The van der Waals surface area contributed by atoms with Crippen molar-refractivity contribution >= 4 is 7.82 Å². The van der Waals surface area contributed by atoms with Gasteiger partial charge in [0.05, 0.1) is 19.3 Å². The van der Waals surface area contributed by atoms with Crippen molar-refractivity contribution < 1.29 is 28.3 Å². The Labute approximate surface area is 178 Å². The minimum atomic E-state index is -4.49. The molecular formula is C22H34NO6P. The van der Waals surface area contributed by atoms with E-state index in [-0.39, 0.29) is 6.61 Å². The van der Waals surface area contributed by atoms with Gasteiger partial charge in [-0.05, 0) is 79.9 Å². The number of hydrogen-bond donors (Lipinski definition) is 3. The molecule has 0 spiro atoms. The van der Waals surface area contributed by atoms with Crippen LogP contribution in [0.15, 0.2) is 18.2 Å². The van der Waals surface area contributed by atoms with Crippen molar-refractivity contribution in [2.75, 3.05) is 26.4 Å². The average molecular weight is 439 g/mol. The van der Waals surface area contributed by atoms with Crippen LogP contribution in [0.3, 0.4) is 0 Å². The van der Waals surface area contributed by atoms with Crippen LogP contribution in [0.2, 0.25) is 0 Å². The molecule has 1 aromatic rings. The van der Waals surface area contributed by atoms with E-state index in [4.69, 9.17) is 29.5 Å². The van der Waals surface area contributed by atoms with Crippen molar-refractivity contribution in [1.82, 2.24) is 0 Å². The van der Waals surface area contributed by atoms with Gasteiger partial charge >= 0.3 is 7.82 Å². The van der Waals surface area contributed by atoms with E-state index < -0.39 is 13.4 Å². The number of fused-ring (bicyclic) bond motifs is 1. The summed E-state index contributed by atoms with van der Waals surface area (Å²) in [4.78, 5) is 17.9. The van der Waals surface area contributed by atoms with E-state index in [1.807, 2.05) is 0 Å². The molecule has 8 heteroatoms. The molecule has 0 unspecified atom stereocenters. The molecule has 0 radical (unpaired) electrons. The fourth-order valence-corrected chi connectivity index (χ4v) is 5.57. The molecule has 1 saturated heterocycles. The minimum Gasteiger partial charge on any atom is -0.381 e. The third kappa shape index (κ3) is 5.92. The summed E-state index contributed by atoms with van der Waals surface area (Å²) in [6.07, 6.45) is 7.99. The summed E-state index contributed by atoms with van der Waals surface area (Å²) in [5, 5.41) is 0. The molecule has 0 amide bonds. The molecule has 7 nitrogen and oxygen atoms in total. The van der Waals surface area contributed by atoms with Crippen LogP contribution in [0, 0.1) is 5.92 Å². The van der Waals surface area contributed by atoms with E-state index in [1.54, 1.807) is 0 Å². The van der Waals surface area contributed by atoms with E-state index in [0.717, 1.165) is 58.3 Å². The maximum Gasteiger partial charge on any atom is 0.469 e. The van der Waals surface area contributed by atoms with Gasteiger partial charge in [-0.3, -0.25) is 4.52 Å². The highest BCUT2D eigenvalue weighted by Gasteiger charge is 2.38. The van der Waals surface area contributed by atoms with Gasteiger partial charge in [-0.2, -0.15) is 0 Å². The van der Waals surface area contributed by atoms with Crippen LogP contribution >= 0.6 is 7.82 Å². The van der Waals surface area contributed by atoms with E-state index in [1.165, 1.54) is 16.7 Å². The third-order valence-corrected chi connectivity index (χ3v) is 7.40. The number of aryl methyl sites for hydroxylation is 1. The zero-order chi connectivity index (χ0) is 21.2. The molecule has 2 fully saturated rings. The Morgan fingerprint density at radius 2 is 1.97 bits per heavy atom. The first kappa shape index (κ1) is 22.4. The van der Waals surface area contributed by atoms with Crippen LogP contribution in [-0.2, 0) is 31.4 Å². The third-order valence-electron chi connectivity index (χ3n) is 6.93. The molecule has 0 aromatic heterocycles. The molecular weight excluding hydrogens is 405 g/mol. The minimum absolute atomic E-state index is 0.104. The Morgan fingerprint density at radius 3 is 2.73 bits per heavy atom. The molecule has 0 bridgehead atoms. The zero-order valence-corrected chi connectivity index (χ0v) is 18.4. The predicted molar refractivity (Wildman–Crippen MR) is 113 cm³/mol. The highest BCUT2D eigenvalue weighted by atomic mass is 31.2. The average Bonchev–Trinajstić information content (AvgIpc) is 3.13. The van der Waals surface area contributed by atoms with E-state index in [9.17, 15) is 4.57 Å². The van der Waals surface area contributed by atoms with Crippen molar-refractivity contribution in [2.24, 2.45) is 11.7 Å². The van der Waals surface area contributed by atoms with Crippen molar-refractivity contribution in [3.05, 3.63) is 34.9 Å².